The number of para-hydroxylation sites is 1. The normalized spacial score (nSPS) is 15.7. The quantitative estimate of drug-likeness (QED) is 0.544. The third-order valence-electron chi connectivity index (χ3n) is 6.60. The molecule has 0 saturated carbocycles. The number of piperidine rings is 1. The molecule has 0 unspecified atom stereocenters. The van der Waals surface area contributed by atoms with Gasteiger partial charge in [0.2, 0.25) is 0 Å². The lowest BCUT2D eigenvalue weighted by Gasteiger charge is -2.30. The van der Waals surface area contributed by atoms with E-state index < -0.39 is 0 Å². The summed E-state index contributed by atoms with van der Waals surface area (Å²) in [7, 11) is 1.98. The van der Waals surface area contributed by atoms with Crippen molar-refractivity contribution in [3.63, 3.8) is 0 Å². The number of aryl methyl sites for hydroxylation is 3. The van der Waals surface area contributed by atoms with E-state index in [-0.39, 0.29) is 0 Å². The summed E-state index contributed by atoms with van der Waals surface area (Å²) >= 11 is 0. The first-order valence-corrected chi connectivity index (χ1v) is 11.0. The summed E-state index contributed by atoms with van der Waals surface area (Å²) in [6.45, 7) is 9.10. The van der Waals surface area contributed by atoms with Crippen LogP contribution < -0.4 is 0 Å². The van der Waals surface area contributed by atoms with E-state index in [1.165, 1.54) is 5.69 Å². The van der Waals surface area contributed by atoms with Crippen LogP contribution in [0.4, 0.5) is 0 Å². The van der Waals surface area contributed by atoms with Crippen molar-refractivity contribution in [1.82, 2.24) is 34.8 Å². The minimum Gasteiger partial charge on any atom is -0.296 e. The van der Waals surface area contributed by atoms with Gasteiger partial charge < -0.3 is 0 Å². The molecule has 1 fully saturated rings. The molecule has 1 saturated heterocycles. The molecule has 31 heavy (non-hydrogen) atoms. The Balaban J connectivity index is 1.26. The second-order valence-electron chi connectivity index (χ2n) is 8.67. The van der Waals surface area contributed by atoms with E-state index in [2.05, 4.69) is 52.2 Å². The second-order valence-corrected chi connectivity index (χ2v) is 8.67. The van der Waals surface area contributed by atoms with Crippen LogP contribution in [0.2, 0.25) is 0 Å². The molecule has 7 nitrogen and oxygen atoms in total. The van der Waals surface area contributed by atoms with Crippen LogP contribution in [0, 0.1) is 20.8 Å². The van der Waals surface area contributed by atoms with Gasteiger partial charge in [-0.3, -0.25) is 14.7 Å². The number of nitrogens with one attached hydrogen (secondary N) is 1. The number of H-pyrrole nitrogens is 1. The molecular formula is C24H29N7. The maximum Gasteiger partial charge on any atom is 0.143 e. The summed E-state index contributed by atoms with van der Waals surface area (Å²) < 4.78 is 1.92. The second kappa shape index (κ2) is 7.89. The summed E-state index contributed by atoms with van der Waals surface area (Å²) in [5, 5.41) is 13.6. The first-order valence-electron chi connectivity index (χ1n) is 11.0. The van der Waals surface area contributed by atoms with Crippen molar-refractivity contribution >= 4 is 10.9 Å². The number of rotatable bonds is 4. The van der Waals surface area contributed by atoms with Crippen LogP contribution in [0.3, 0.4) is 0 Å². The maximum atomic E-state index is 4.79. The summed E-state index contributed by atoms with van der Waals surface area (Å²) in [4.78, 5) is 12.0. The Morgan fingerprint density at radius 1 is 1.03 bits per heavy atom. The van der Waals surface area contributed by atoms with Crippen molar-refractivity contribution in [3.05, 3.63) is 58.9 Å². The van der Waals surface area contributed by atoms with Crippen LogP contribution in [0.15, 0.2) is 30.3 Å². The van der Waals surface area contributed by atoms with Gasteiger partial charge in [0.1, 0.15) is 5.82 Å². The Bertz CT molecular complexity index is 1230. The molecular weight excluding hydrogens is 386 g/mol. The predicted molar refractivity (Wildman–Crippen MR) is 122 cm³/mol. The van der Waals surface area contributed by atoms with Gasteiger partial charge in [0.15, 0.2) is 0 Å². The highest BCUT2D eigenvalue weighted by Gasteiger charge is 2.24. The Morgan fingerprint density at radius 2 is 1.81 bits per heavy atom. The van der Waals surface area contributed by atoms with E-state index in [4.69, 9.17) is 9.97 Å². The van der Waals surface area contributed by atoms with E-state index >= 15 is 0 Å². The van der Waals surface area contributed by atoms with Gasteiger partial charge in [-0.05, 0) is 58.8 Å². The molecule has 3 aromatic heterocycles. The maximum absolute atomic E-state index is 4.79. The lowest BCUT2D eigenvalue weighted by Crippen LogP contribution is -2.33. The van der Waals surface area contributed by atoms with Gasteiger partial charge in [0.25, 0.3) is 0 Å². The number of hydrogen-bond donors (Lipinski definition) is 1. The average molecular weight is 416 g/mol. The summed E-state index contributed by atoms with van der Waals surface area (Å²) in [5.74, 6) is 1.43. The van der Waals surface area contributed by atoms with Crippen molar-refractivity contribution < 1.29 is 0 Å². The fourth-order valence-electron chi connectivity index (χ4n) is 4.79. The lowest BCUT2D eigenvalue weighted by atomic mass is 9.93. The van der Waals surface area contributed by atoms with E-state index in [1.54, 1.807) is 0 Å². The molecule has 7 heteroatoms. The van der Waals surface area contributed by atoms with Gasteiger partial charge in [0.05, 0.1) is 23.4 Å². The van der Waals surface area contributed by atoms with Crippen LogP contribution in [0.5, 0.6) is 0 Å². The zero-order chi connectivity index (χ0) is 21.5. The van der Waals surface area contributed by atoms with E-state index in [0.29, 0.717) is 5.92 Å². The number of likely N-dealkylation sites (tertiary alicyclic amines) is 1. The van der Waals surface area contributed by atoms with Crippen LogP contribution >= 0.6 is 0 Å². The van der Waals surface area contributed by atoms with Gasteiger partial charge in [-0.1, -0.05) is 18.2 Å². The number of benzene rings is 1. The van der Waals surface area contributed by atoms with E-state index in [0.717, 1.165) is 77.5 Å². The number of aromatic amines is 1. The molecule has 160 valence electrons. The van der Waals surface area contributed by atoms with Crippen LogP contribution in [0.1, 0.15) is 47.4 Å². The van der Waals surface area contributed by atoms with Gasteiger partial charge in [-0.25, -0.2) is 9.97 Å². The molecule has 1 aromatic carbocycles. The predicted octanol–water partition coefficient (Wildman–Crippen LogP) is 4.06. The van der Waals surface area contributed by atoms with Gasteiger partial charge in [0, 0.05) is 41.0 Å². The fourth-order valence-corrected chi connectivity index (χ4v) is 4.79. The van der Waals surface area contributed by atoms with Crippen molar-refractivity contribution in [2.75, 3.05) is 13.1 Å². The smallest absolute Gasteiger partial charge is 0.143 e. The Labute approximate surface area is 182 Å². The van der Waals surface area contributed by atoms with Crippen molar-refractivity contribution in [1.29, 1.82) is 0 Å². The summed E-state index contributed by atoms with van der Waals surface area (Å²) in [5.41, 5.74) is 7.64. The van der Waals surface area contributed by atoms with Crippen LogP contribution in [-0.2, 0) is 13.6 Å². The minimum absolute atomic E-state index is 0.508. The van der Waals surface area contributed by atoms with Gasteiger partial charge in [-0.15, -0.1) is 0 Å². The van der Waals surface area contributed by atoms with E-state index in [1.807, 2.05) is 30.8 Å². The Hall–Kier alpha value is -3.06. The largest absolute Gasteiger partial charge is 0.296 e. The number of aromatic nitrogens is 6. The Morgan fingerprint density at radius 3 is 2.55 bits per heavy atom. The fraction of sp³-hybridized carbons (Fsp3) is 0.417. The third kappa shape index (κ3) is 3.74. The molecule has 0 atom stereocenters. The lowest BCUT2D eigenvalue weighted by molar-refractivity contribution is 0.199. The first-order chi connectivity index (χ1) is 15.0. The molecule has 1 aliphatic heterocycles. The zero-order valence-electron chi connectivity index (χ0n) is 18.7. The molecule has 0 aliphatic carbocycles. The number of fused-ring (bicyclic) bond motifs is 1. The third-order valence-corrected chi connectivity index (χ3v) is 6.60. The molecule has 4 aromatic rings. The SMILES string of the molecule is Cc1nn(C)c(C)c1-c1cc(C2CCN(Cc3nc(C)c4ccccc4n3)CC2)[nH]n1. The molecule has 1 N–H and O–H groups in total. The van der Waals surface area contributed by atoms with E-state index in [9.17, 15) is 0 Å². The molecule has 0 radical (unpaired) electrons. The molecule has 0 amide bonds. The zero-order valence-corrected chi connectivity index (χ0v) is 18.7. The summed E-state index contributed by atoms with van der Waals surface area (Å²) in [6, 6.07) is 10.5. The highest BCUT2D eigenvalue weighted by molar-refractivity contribution is 5.80. The van der Waals surface area contributed by atoms with Crippen LogP contribution in [0.25, 0.3) is 22.2 Å². The molecule has 0 bridgehead atoms. The van der Waals surface area contributed by atoms with Gasteiger partial charge >= 0.3 is 0 Å². The minimum atomic E-state index is 0.508. The topological polar surface area (TPSA) is 75.5 Å². The highest BCUT2D eigenvalue weighted by atomic mass is 15.3. The molecule has 5 rings (SSSR count). The number of nitrogens with zero attached hydrogens (tertiary/aromatic N) is 6. The standard InChI is InChI=1S/C24H29N7/c1-15-19-7-5-6-8-20(19)26-23(25-15)14-31-11-9-18(10-12-31)21-13-22(28-27-21)24-16(2)29-30(4)17(24)3/h5-8,13,18H,9-12,14H2,1-4H3,(H,27,28). The molecule has 0 spiro atoms. The first kappa shape index (κ1) is 19.9. The average Bonchev–Trinajstić information content (AvgIpc) is 3.33. The van der Waals surface area contributed by atoms with Gasteiger partial charge in [-0.2, -0.15) is 10.2 Å². The van der Waals surface area contributed by atoms with Crippen molar-refractivity contribution in [3.8, 4) is 11.3 Å². The monoisotopic (exact) mass is 415 g/mol. The summed E-state index contributed by atoms with van der Waals surface area (Å²) in [6.07, 6.45) is 2.22. The Kier molecular flexibility index (Phi) is 5.06. The molecule has 1 aliphatic rings. The molecule has 4 heterocycles. The van der Waals surface area contributed by atoms with Crippen LogP contribution in [-0.4, -0.2) is 47.9 Å². The van der Waals surface area contributed by atoms with Crippen molar-refractivity contribution in [2.24, 2.45) is 7.05 Å². The van der Waals surface area contributed by atoms with Crippen molar-refractivity contribution in [2.45, 2.75) is 46.1 Å². The highest BCUT2D eigenvalue weighted by Crippen LogP contribution is 2.31. The number of hydrogen-bond acceptors (Lipinski definition) is 5.